The molecule has 4 rings (SSSR count). The van der Waals surface area contributed by atoms with Crippen LogP contribution in [0, 0.1) is 6.92 Å². The van der Waals surface area contributed by atoms with Crippen LogP contribution in [-0.2, 0) is 4.79 Å². The van der Waals surface area contributed by atoms with E-state index in [1.165, 1.54) is 28.6 Å². The van der Waals surface area contributed by atoms with Crippen molar-refractivity contribution in [3.8, 4) is 11.6 Å². The first kappa shape index (κ1) is 18.3. The van der Waals surface area contributed by atoms with Crippen molar-refractivity contribution in [3.05, 3.63) is 63.6 Å². The average molecular weight is 416 g/mol. The quantitative estimate of drug-likeness (QED) is 0.484. The summed E-state index contributed by atoms with van der Waals surface area (Å²) in [5.41, 5.74) is 1.52. The highest BCUT2D eigenvalue weighted by atomic mass is 35.5. The van der Waals surface area contributed by atoms with Crippen molar-refractivity contribution < 1.29 is 9.21 Å². The summed E-state index contributed by atoms with van der Waals surface area (Å²) in [6.45, 7) is 1.83. The van der Waals surface area contributed by atoms with E-state index in [1.807, 2.05) is 6.92 Å². The number of furan rings is 1. The molecule has 0 bridgehead atoms. The molecule has 0 unspecified atom stereocenters. The number of nitrogens with one attached hydrogen (secondary N) is 2. The molecular formula is C18H14ClN5O3S. The second-order valence-corrected chi connectivity index (χ2v) is 7.22. The lowest BCUT2D eigenvalue weighted by molar-refractivity contribution is -0.113. The summed E-state index contributed by atoms with van der Waals surface area (Å²) in [7, 11) is 0. The number of anilines is 1. The Hall–Kier alpha value is -3.04. The second-order valence-electron chi connectivity index (χ2n) is 5.87. The van der Waals surface area contributed by atoms with Gasteiger partial charge in [-0.1, -0.05) is 29.4 Å². The van der Waals surface area contributed by atoms with Gasteiger partial charge in [-0.2, -0.15) is 4.98 Å². The number of thioether (sulfide) groups is 1. The molecule has 1 amide bonds. The summed E-state index contributed by atoms with van der Waals surface area (Å²) in [6.07, 6.45) is 1.51. The lowest BCUT2D eigenvalue weighted by Crippen LogP contribution is -2.16. The minimum absolute atomic E-state index is 0.0792. The van der Waals surface area contributed by atoms with E-state index in [9.17, 15) is 9.59 Å². The van der Waals surface area contributed by atoms with E-state index >= 15 is 0 Å². The predicted molar refractivity (Wildman–Crippen MR) is 107 cm³/mol. The molecule has 0 saturated heterocycles. The smallest absolute Gasteiger partial charge is 0.266 e. The summed E-state index contributed by atoms with van der Waals surface area (Å²) in [5, 5.41) is 6.45. The number of fused-ring (bicyclic) bond motifs is 1. The Bertz CT molecular complexity index is 1220. The Labute approximate surface area is 167 Å². The number of hydrogen-bond donors (Lipinski definition) is 2. The van der Waals surface area contributed by atoms with Crippen LogP contribution in [0.1, 0.15) is 5.56 Å². The third-order valence-corrected chi connectivity index (χ3v) is 5.29. The van der Waals surface area contributed by atoms with Gasteiger partial charge in [0.05, 0.1) is 12.0 Å². The predicted octanol–water partition coefficient (Wildman–Crippen LogP) is 3.37. The first-order valence-electron chi connectivity index (χ1n) is 8.23. The Morgan fingerprint density at radius 2 is 2.18 bits per heavy atom. The molecule has 142 valence electrons. The van der Waals surface area contributed by atoms with Crippen molar-refractivity contribution in [1.29, 1.82) is 0 Å². The average Bonchev–Trinajstić information content (AvgIpc) is 3.32. The maximum atomic E-state index is 12.4. The summed E-state index contributed by atoms with van der Waals surface area (Å²) in [5.74, 6) is 0.654. The van der Waals surface area contributed by atoms with Crippen molar-refractivity contribution in [1.82, 2.24) is 19.6 Å². The number of aromatic amines is 1. The fourth-order valence-electron chi connectivity index (χ4n) is 2.56. The van der Waals surface area contributed by atoms with Gasteiger partial charge in [0.25, 0.3) is 5.56 Å². The number of amides is 1. The molecule has 4 aromatic rings. The fourth-order valence-corrected chi connectivity index (χ4v) is 3.48. The first-order chi connectivity index (χ1) is 13.5. The largest absolute Gasteiger partial charge is 0.461 e. The molecule has 1 aromatic carbocycles. The standard InChI is InChI=1S/C18H14ClN5O3S/c1-10-11(19)4-2-5-12(10)20-16(26)9-28-18-22-17(13-6-3-7-27-13)21-14-8-15(25)23-24(14)18/h2-8H,9H2,1H3,(H,20,26)(H,23,25). The van der Waals surface area contributed by atoms with Crippen LogP contribution >= 0.6 is 23.4 Å². The van der Waals surface area contributed by atoms with Gasteiger partial charge >= 0.3 is 0 Å². The maximum Gasteiger partial charge on any atom is 0.266 e. The van der Waals surface area contributed by atoms with E-state index in [4.69, 9.17) is 16.0 Å². The second kappa shape index (κ2) is 7.53. The van der Waals surface area contributed by atoms with Crippen molar-refractivity contribution in [2.75, 3.05) is 11.1 Å². The minimum Gasteiger partial charge on any atom is -0.461 e. The van der Waals surface area contributed by atoms with Gasteiger partial charge in [-0.15, -0.1) is 0 Å². The Kier molecular flexibility index (Phi) is 4.93. The number of carbonyl (C=O) groups excluding carboxylic acids is 1. The van der Waals surface area contributed by atoms with Gasteiger partial charge in [0, 0.05) is 16.8 Å². The molecule has 10 heteroatoms. The van der Waals surface area contributed by atoms with E-state index in [0.29, 0.717) is 33.1 Å². The van der Waals surface area contributed by atoms with E-state index in [-0.39, 0.29) is 17.2 Å². The number of benzene rings is 1. The van der Waals surface area contributed by atoms with Gasteiger partial charge in [-0.25, -0.2) is 9.50 Å². The molecule has 0 fully saturated rings. The summed E-state index contributed by atoms with van der Waals surface area (Å²) < 4.78 is 6.78. The minimum atomic E-state index is -0.313. The highest BCUT2D eigenvalue weighted by molar-refractivity contribution is 7.99. The lowest BCUT2D eigenvalue weighted by atomic mass is 10.2. The monoisotopic (exact) mass is 415 g/mol. The zero-order chi connectivity index (χ0) is 19.7. The number of aromatic nitrogens is 4. The molecule has 0 aliphatic rings. The van der Waals surface area contributed by atoms with Crippen LogP contribution < -0.4 is 10.9 Å². The molecule has 3 heterocycles. The molecule has 0 atom stereocenters. The van der Waals surface area contributed by atoms with Crippen LogP contribution in [0.4, 0.5) is 5.69 Å². The molecule has 0 aliphatic heterocycles. The molecule has 0 aliphatic carbocycles. The third-order valence-electron chi connectivity index (χ3n) is 3.94. The van der Waals surface area contributed by atoms with E-state index in [0.717, 1.165) is 5.56 Å². The van der Waals surface area contributed by atoms with E-state index < -0.39 is 0 Å². The van der Waals surface area contributed by atoms with Gasteiger partial charge in [0.15, 0.2) is 22.4 Å². The van der Waals surface area contributed by atoms with Gasteiger partial charge in [-0.3, -0.25) is 14.7 Å². The number of carbonyl (C=O) groups is 1. The van der Waals surface area contributed by atoms with Crippen molar-refractivity contribution >= 4 is 40.6 Å². The normalized spacial score (nSPS) is 11.1. The molecule has 8 nitrogen and oxygen atoms in total. The molecule has 2 N–H and O–H groups in total. The first-order valence-corrected chi connectivity index (χ1v) is 9.59. The Morgan fingerprint density at radius 3 is 2.96 bits per heavy atom. The third kappa shape index (κ3) is 3.67. The lowest BCUT2D eigenvalue weighted by Gasteiger charge is -2.10. The van der Waals surface area contributed by atoms with Crippen LogP contribution in [0.3, 0.4) is 0 Å². The number of H-pyrrole nitrogens is 1. The summed E-state index contributed by atoms with van der Waals surface area (Å²) in [4.78, 5) is 32.8. The van der Waals surface area contributed by atoms with E-state index in [2.05, 4.69) is 20.4 Å². The topological polar surface area (TPSA) is 105 Å². The number of rotatable bonds is 5. The fraction of sp³-hybridized carbons (Fsp3) is 0.111. The summed E-state index contributed by atoms with van der Waals surface area (Å²) in [6, 6.07) is 10.1. The summed E-state index contributed by atoms with van der Waals surface area (Å²) >= 11 is 7.25. The molecule has 3 aromatic heterocycles. The SMILES string of the molecule is Cc1c(Cl)cccc1NC(=O)CSc1nc(-c2ccco2)nc2cc(=O)[nH]n12. The van der Waals surface area contributed by atoms with Crippen LogP contribution in [0.5, 0.6) is 0 Å². The molecule has 0 spiro atoms. The van der Waals surface area contributed by atoms with Crippen molar-refractivity contribution in [3.63, 3.8) is 0 Å². The highest BCUT2D eigenvalue weighted by Gasteiger charge is 2.15. The van der Waals surface area contributed by atoms with Crippen LogP contribution in [0.25, 0.3) is 17.2 Å². The van der Waals surface area contributed by atoms with Crippen molar-refractivity contribution in [2.45, 2.75) is 12.1 Å². The van der Waals surface area contributed by atoms with Gasteiger partial charge in [-0.05, 0) is 36.8 Å². The van der Waals surface area contributed by atoms with Crippen LogP contribution in [-0.4, -0.2) is 31.2 Å². The molecule has 0 saturated carbocycles. The van der Waals surface area contributed by atoms with Crippen LogP contribution in [0.2, 0.25) is 5.02 Å². The molecule has 0 radical (unpaired) electrons. The molecule has 28 heavy (non-hydrogen) atoms. The number of nitrogens with zero attached hydrogens (tertiary/aromatic N) is 3. The maximum absolute atomic E-state index is 12.4. The van der Waals surface area contributed by atoms with Gasteiger partial charge in [0.2, 0.25) is 5.91 Å². The van der Waals surface area contributed by atoms with Gasteiger partial charge in [0.1, 0.15) is 0 Å². The number of halogens is 1. The van der Waals surface area contributed by atoms with Crippen molar-refractivity contribution in [2.24, 2.45) is 0 Å². The Morgan fingerprint density at radius 1 is 1.32 bits per heavy atom. The zero-order valence-corrected chi connectivity index (χ0v) is 16.2. The van der Waals surface area contributed by atoms with Crippen LogP contribution in [0.15, 0.2) is 57.0 Å². The Balaban J connectivity index is 1.58. The molecular weight excluding hydrogens is 402 g/mol. The zero-order valence-electron chi connectivity index (χ0n) is 14.6. The number of hydrogen-bond acceptors (Lipinski definition) is 6. The highest BCUT2D eigenvalue weighted by Crippen LogP contribution is 2.24. The van der Waals surface area contributed by atoms with E-state index in [1.54, 1.807) is 30.3 Å². The van der Waals surface area contributed by atoms with Gasteiger partial charge < -0.3 is 9.73 Å².